The topological polar surface area (TPSA) is 138 Å². The first-order valence-corrected chi connectivity index (χ1v) is 12.0. The molecular weight excluding hydrogens is 506 g/mol. The van der Waals surface area contributed by atoms with Crippen molar-refractivity contribution in [3.63, 3.8) is 0 Å². The molecule has 10 nitrogen and oxygen atoms in total. The average molecular weight is 531 g/mol. The van der Waals surface area contributed by atoms with Gasteiger partial charge in [0.2, 0.25) is 0 Å². The van der Waals surface area contributed by atoms with Gasteiger partial charge in [0.05, 0.1) is 18.7 Å². The van der Waals surface area contributed by atoms with Gasteiger partial charge in [-0.1, -0.05) is 36.4 Å². The van der Waals surface area contributed by atoms with E-state index in [0.717, 1.165) is 4.90 Å². The second kappa shape index (κ2) is 10.7. The number of amides is 1. The van der Waals surface area contributed by atoms with Crippen molar-refractivity contribution < 1.29 is 18.3 Å². The van der Waals surface area contributed by atoms with Crippen molar-refractivity contribution in [3.05, 3.63) is 95.4 Å². The monoisotopic (exact) mass is 530 g/mol. The molecule has 0 aliphatic rings. The fourth-order valence-electron chi connectivity index (χ4n) is 4.19. The quantitative estimate of drug-likeness (QED) is 0.316. The molecule has 0 bridgehead atoms. The SMILES string of the molecule is CCOC(=O)N(Cc1ccccc1F)c1c(N)nc(-c2nc(Cc3ccccc3F)n3ncccc23)nc1N. The number of ether oxygens (including phenoxy) is 1. The predicted octanol–water partition coefficient (Wildman–Crippen LogP) is 4.38. The van der Waals surface area contributed by atoms with Crippen LogP contribution in [0.3, 0.4) is 0 Å². The van der Waals surface area contributed by atoms with Crippen molar-refractivity contribution >= 4 is 28.9 Å². The van der Waals surface area contributed by atoms with E-state index in [1.165, 1.54) is 18.2 Å². The Hall–Kier alpha value is -5.13. The van der Waals surface area contributed by atoms with Crippen LogP contribution >= 0.6 is 0 Å². The fraction of sp³-hybridized carbons (Fsp3) is 0.148. The van der Waals surface area contributed by atoms with E-state index in [-0.39, 0.29) is 54.1 Å². The number of anilines is 3. The summed E-state index contributed by atoms with van der Waals surface area (Å²) in [5.41, 5.74) is 14.1. The Morgan fingerprint density at radius 3 is 2.21 bits per heavy atom. The Morgan fingerprint density at radius 2 is 1.56 bits per heavy atom. The maximum absolute atomic E-state index is 14.4. The number of nitrogen functional groups attached to an aromatic ring is 2. The third-order valence-electron chi connectivity index (χ3n) is 5.98. The molecule has 198 valence electrons. The van der Waals surface area contributed by atoms with Gasteiger partial charge in [0, 0.05) is 18.2 Å². The summed E-state index contributed by atoms with van der Waals surface area (Å²) < 4.78 is 35.5. The van der Waals surface area contributed by atoms with Crippen molar-refractivity contribution in [3.8, 4) is 11.5 Å². The van der Waals surface area contributed by atoms with Crippen LogP contribution < -0.4 is 16.4 Å². The number of nitrogens with zero attached hydrogens (tertiary/aromatic N) is 6. The third-order valence-corrected chi connectivity index (χ3v) is 5.98. The Labute approximate surface area is 221 Å². The van der Waals surface area contributed by atoms with Crippen LogP contribution in [0.25, 0.3) is 17.0 Å². The predicted molar refractivity (Wildman–Crippen MR) is 142 cm³/mol. The lowest BCUT2D eigenvalue weighted by Crippen LogP contribution is -2.33. The van der Waals surface area contributed by atoms with Crippen LogP contribution in [0.1, 0.15) is 23.9 Å². The minimum Gasteiger partial charge on any atom is -0.449 e. The van der Waals surface area contributed by atoms with E-state index in [1.54, 1.807) is 60.1 Å². The molecule has 0 atom stereocenters. The zero-order valence-electron chi connectivity index (χ0n) is 20.9. The van der Waals surface area contributed by atoms with E-state index in [2.05, 4.69) is 20.1 Å². The first kappa shape index (κ1) is 25.5. The number of halogens is 2. The Kier molecular flexibility index (Phi) is 7.00. The zero-order valence-corrected chi connectivity index (χ0v) is 20.9. The molecule has 0 radical (unpaired) electrons. The van der Waals surface area contributed by atoms with E-state index in [0.29, 0.717) is 22.6 Å². The first-order valence-electron chi connectivity index (χ1n) is 12.0. The van der Waals surface area contributed by atoms with Gasteiger partial charge in [0.15, 0.2) is 17.5 Å². The molecule has 0 fully saturated rings. The van der Waals surface area contributed by atoms with Gasteiger partial charge in [0.1, 0.15) is 28.8 Å². The highest BCUT2D eigenvalue weighted by Gasteiger charge is 2.27. The van der Waals surface area contributed by atoms with Crippen molar-refractivity contribution in [1.82, 2.24) is 24.6 Å². The smallest absolute Gasteiger partial charge is 0.414 e. The maximum atomic E-state index is 14.4. The van der Waals surface area contributed by atoms with E-state index in [9.17, 15) is 13.6 Å². The number of rotatable bonds is 7. The Balaban J connectivity index is 1.58. The molecule has 0 saturated carbocycles. The van der Waals surface area contributed by atoms with Gasteiger partial charge in [-0.15, -0.1) is 0 Å². The highest BCUT2D eigenvalue weighted by molar-refractivity contribution is 5.95. The lowest BCUT2D eigenvalue weighted by Gasteiger charge is -2.24. The maximum Gasteiger partial charge on any atom is 0.414 e. The van der Waals surface area contributed by atoms with Gasteiger partial charge >= 0.3 is 6.09 Å². The number of fused-ring (bicyclic) bond motifs is 1. The molecule has 0 saturated heterocycles. The molecule has 39 heavy (non-hydrogen) atoms. The van der Waals surface area contributed by atoms with Gasteiger partial charge < -0.3 is 16.2 Å². The summed E-state index contributed by atoms with van der Waals surface area (Å²) in [6.07, 6.45) is 0.947. The molecule has 3 heterocycles. The highest BCUT2D eigenvalue weighted by Crippen LogP contribution is 2.33. The van der Waals surface area contributed by atoms with Crippen LogP contribution in [0, 0.1) is 11.6 Å². The first-order chi connectivity index (χ1) is 18.9. The summed E-state index contributed by atoms with van der Waals surface area (Å²) in [4.78, 5) is 27.4. The summed E-state index contributed by atoms with van der Waals surface area (Å²) in [5.74, 6) is -0.627. The number of imidazole rings is 1. The number of hydrogen-bond acceptors (Lipinski definition) is 8. The Bertz CT molecular complexity index is 1650. The second-order valence-corrected chi connectivity index (χ2v) is 8.51. The summed E-state index contributed by atoms with van der Waals surface area (Å²) in [6.45, 7) is 1.50. The third kappa shape index (κ3) is 5.04. The number of nitrogens with two attached hydrogens (primary N) is 2. The zero-order chi connectivity index (χ0) is 27.5. The largest absolute Gasteiger partial charge is 0.449 e. The van der Waals surface area contributed by atoms with E-state index >= 15 is 0 Å². The van der Waals surface area contributed by atoms with E-state index in [4.69, 9.17) is 16.2 Å². The van der Waals surface area contributed by atoms with Crippen molar-refractivity contribution in [2.45, 2.75) is 19.9 Å². The molecule has 3 aromatic heterocycles. The number of benzene rings is 2. The van der Waals surface area contributed by atoms with Gasteiger partial charge in [-0.2, -0.15) is 5.10 Å². The normalized spacial score (nSPS) is 11.1. The van der Waals surface area contributed by atoms with Crippen molar-refractivity contribution in [2.24, 2.45) is 0 Å². The van der Waals surface area contributed by atoms with Crippen molar-refractivity contribution in [1.29, 1.82) is 0 Å². The van der Waals surface area contributed by atoms with Gasteiger partial charge in [0.25, 0.3) is 0 Å². The lowest BCUT2D eigenvalue weighted by atomic mass is 10.1. The lowest BCUT2D eigenvalue weighted by molar-refractivity contribution is 0.159. The standard InChI is InChI=1S/C27H24F2N8O2/c1-2-39-27(38)36(15-17-9-4-6-11-19(17)29)23-24(30)34-26(35-25(23)31)22-20-12-7-13-32-37(20)21(33-22)14-16-8-3-5-10-18(16)28/h3-13H,2,14-15H2,1H3,(H4,30,31,34,35). The van der Waals surface area contributed by atoms with Crippen LogP contribution in [0.5, 0.6) is 0 Å². The molecule has 0 unspecified atom stereocenters. The summed E-state index contributed by atoms with van der Waals surface area (Å²) in [5, 5.41) is 4.35. The molecule has 0 spiro atoms. The number of carbonyl (C=O) groups is 1. The molecule has 0 aliphatic heterocycles. The van der Waals surface area contributed by atoms with Crippen LogP contribution in [0.15, 0.2) is 66.9 Å². The minimum absolute atomic E-state index is 0.0197. The minimum atomic E-state index is -0.792. The molecule has 1 amide bonds. The molecule has 5 aromatic rings. The summed E-state index contributed by atoms with van der Waals surface area (Å²) >= 11 is 0. The Morgan fingerprint density at radius 1 is 0.923 bits per heavy atom. The number of carbonyl (C=O) groups excluding carboxylic acids is 1. The molecule has 0 aliphatic carbocycles. The average Bonchev–Trinajstić information content (AvgIpc) is 3.28. The van der Waals surface area contributed by atoms with Crippen LogP contribution in [-0.4, -0.2) is 37.3 Å². The molecule has 4 N–H and O–H groups in total. The van der Waals surface area contributed by atoms with E-state index < -0.39 is 11.9 Å². The van der Waals surface area contributed by atoms with Crippen LogP contribution in [0.4, 0.5) is 30.9 Å². The molecule has 12 heteroatoms. The number of hydrogen-bond donors (Lipinski definition) is 2. The van der Waals surface area contributed by atoms with Crippen LogP contribution in [-0.2, 0) is 17.7 Å². The fourth-order valence-corrected chi connectivity index (χ4v) is 4.19. The molecular formula is C27H24F2N8O2. The van der Waals surface area contributed by atoms with Gasteiger partial charge in [-0.05, 0) is 36.8 Å². The summed E-state index contributed by atoms with van der Waals surface area (Å²) in [7, 11) is 0. The van der Waals surface area contributed by atoms with E-state index in [1.807, 2.05) is 0 Å². The van der Waals surface area contributed by atoms with Crippen LogP contribution in [0.2, 0.25) is 0 Å². The van der Waals surface area contributed by atoms with Gasteiger partial charge in [-0.3, -0.25) is 4.90 Å². The molecule has 5 rings (SSSR count). The highest BCUT2D eigenvalue weighted by atomic mass is 19.1. The number of aromatic nitrogens is 5. The summed E-state index contributed by atoms with van der Waals surface area (Å²) in [6, 6.07) is 15.9. The van der Waals surface area contributed by atoms with Gasteiger partial charge in [-0.25, -0.2) is 33.0 Å². The van der Waals surface area contributed by atoms with Crippen molar-refractivity contribution in [2.75, 3.05) is 23.0 Å². The second-order valence-electron chi connectivity index (χ2n) is 8.51. The molecule has 2 aromatic carbocycles.